The van der Waals surface area contributed by atoms with E-state index in [1.54, 1.807) is 0 Å². The number of hydrogen-bond donors (Lipinski definition) is 1. The van der Waals surface area contributed by atoms with Crippen molar-refractivity contribution in [3.63, 3.8) is 0 Å². The largest absolute Gasteiger partial charge is 0.314 e. The molecule has 0 aromatic rings. The van der Waals surface area contributed by atoms with Crippen LogP contribution in [0.5, 0.6) is 0 Å². The zero-order chi connectivity index (χ0) is 13.4. The Kier molecular flexibility index (Phi) is 7.97. The predicted octanol–water partition coefficient (Wildman–Crippen LogP) is 5.01. The van der Waals surface area contributed by atoms with Gasteiger partial charge in [0, 0.05) is 6.04 Å². The van der Waals surface area contributed by atoms with Crippen LogP contribution in [0.1, 0.15) is 79.1 Å². The molecule has 1 aliphatic carbocycles. The molecule has 0 spiro atoms. The summed E-state index contributed by atoms with van der Waals surface area (Å²) in [6.07, 6.45) is 11.3. The van der Waals surface area contributed by atoms with E-state index in [0.29, 0.717) is 0 Å². The lowest BCUT2D eigenvalue weighted by Gasteiger charge is -2.27. The van der Waals surface area contributed by atoms with E-state index in [1.807, 2.05) is 0 Å². The topological polar surface area (TPSA) is 12.0 Å². The molecule has 1 rings (SSSR count). The van der Waals surface area contributed by atoms with Crippen molar-refractivity contribution in [2.24, 2.45) is 17.8 Å². The molecule has 1 fully saturated rings. The summed E-state index contributed by atoms with van der Waals surface area (Å²) < 4.78 is 0. The van der Waals surface area contributed by atoms with Crippen LogP contribution in [0.2, 0.25) is 0 Å². The minimum atomic E-state index is 0.752. The fourth-order valence-electron chi connectivity index (χ4n) is 3.16. The van der Waals surface area contributed by atoms with Crippen molar-refractivity contribution in [1.82, 2.24) is 5.32 Å². The summed E-state index contributed by atoms with van der Waals surface area (Å²) in [4.78, 5) is 0. The third-order valence-corrected chi connectivity index (χ3v) is 5.00. The lowest BCUT2D eigenvalue weighted by molar-refractivity contribution is 0.268. The third kappa shape index (κ3) is 6.22. The first-order valence-corrected chi connectivity index (χ1v) is 8.39. The lowest BCUT2D eigenvalue weighted by atomic mass is 9.81. The fourth-order valence-corrected chi connectivity index (χ4v) is 3.16. The maximum Gasteiger partial charge on any atom is 0.00669 e. The molecular formula is C17H35N. The molecule has 0 aromatic heterocycles. The molecule has 1 heteroatoms. The summed E-state index contributed by atoms with van der Waals surface area (Å²) in [6, 6.07) is 0.752. The van der Waals surface area contributed by atoms with Crippen LogP contribution < -0.4 is 5.32 Å². The van der Waals surface area contributed by atoms with Crippen LogP contribution in [-0.2, 0) is 0 Å². The van der Waals surface area contributed by atoms with Gasteiger partial charge in [-0.1, -0.05) is 59.8 Å². The molecule has 0 radical (unpaired) electrons. The zero-order valence-electron chi connectivity index (χ0n) is 13.2. The van der Waals surface area contributed by atoms with Gasteiger partial charge in [-0.3, -0.25) is 0 Å². The van der Waals surface area contributed by atoms with Crippen LogP contribution in [-0.4, -0.2) is 12.6 Å². The van der Waals surface area contributed by atoms with Crippen LogP contribution in [0.15, 0.2) is 0 Å². The van der Waals surface area contributed by atoms with Gasteiger partial charge in [-0.25, -0.2) is 0 Å². The Morgan fingerprint density at radius 2 is 1.72 bits per heavy atom. The van der Waals surface area contributed by atoms with Crippen LogP contribution in [0, 0.1) is 17.8 Å². The second-order valence-corrected chi connectivity index (χ2v) is 6.72. The Hall–Kier alpha value is -0.0400. The van der Waals surface area contributed by atoms with Gasteiger partial charge < -0.3 is 5.32 Å². The summed E-state index contributed by atoms with van der Waals surface area (Å²) in [5.74, 6) is 2.87. The molecule has 0 aliphatic heterocycles. The Morgan fingerprint density at radius 1 is 1.06 bits per heavy atom. The van der Waals surface area contributed by atoms with E-state index in [-0.39, 0.29) is 0 Å². The van der Waals surface area contributed by atoms with Crippen molar-refractivity contribution < 1.29 is 0 Å². The van der Waals surface area contributed by atoms with Crippen molar-refractivity contribution in [2.45, 2.75) is 85.1 Å². The monoisotopic (exact) mass is 253 g/mol. The van der Waals surface area contributed by atoms with E-state index in [2.05, 4.69) is 33.0 Å². The summed E-state index contributed by atoms with van der Waals surface area (Å²) in [5.41, 5.74) is 0. The first kappa shape index (κ1) is 16.0. The van der Waals surface area contributed by atoms with E-state index >= 15 is 0 Å². The van der Waals surface area contributed by atoms with Gasteiger partial charge in [-0.05, 0) is 43.6 Å². The summed E-state index contributed by atoms with van der Waals surface area (Å²) in [5, 5.41) is 3.79. The molecular weight excluding hydrogens is 218 g/mol. The van der Waals surface area contributed by atoms with E-state index in [4.69, 9.17) is 0 Å². The van der Waals surface area contributed by atoms with Gasteiger partial charge in [0.15, 0.2) is 0 Å². The average Bonchev–Trinajstić information content (AvgIpc) is 2.39. The van der Waals surface area contributed by atoms with Gasteiger partial charge in [-0.2, -0.15) is 0 Å². The molecule has 0 heterocycles. The smallest absolute Gasteiger partial charge is 0.00669 e. The molecule has 18 heavy (non-hydrogen) atoms. The van der Waals surface area contributed by atoms with Gasteiger partial charge in [0.2, 0.25) is 0 Å². The molecule has 0 saturated heterocycles. The second kappa shape index (κ2) is 8.96. The van der Waals surface area contributed by atoms with E-state index in [9.17, 15) is 0 Å². The predicted molar refractivity (Wildman–Crippen MR) is 81.9 cm³/mol. The molecule has 0 aromatic carbocycles. The van der Waals surface area contributed by atoms with Gasteiger partial charge in [-0.15, -0.1) is 0 Å². The normalized spacial score (nSPS) is 28.0. The third-order valence-electron chi connectivity index (χ3n) is 5.00. The summed E-state index contributed by atoms with van der Waals surface area (Å²) in [7, 11) is 0. The Bertz CT molecular complexity index is 194. The first-order valence-electron chi connectivity index (χ1n) is 8.39. The SMILES string of the molecule is CCC(C)CC(CC)NCCC1CCC(C)CC1. The van der Waals surface area contributed by atoms with Gasteiger partial charge >= 0.3 is 0 Å². The highest BCUT2D eigenvalue weighted by molar-refractivity contribution is 4.73. The van der Waals surface area contributed by atoms with Crippen molar-refractivity contribution in [2.75, 3.05) is 6.54 Å². The Labute approximate surface area is 115 Å². The Balaban J connectivity index is 2.11. The van der Waals surface area contributed by atoms with Gasteiger partial charge in [0.1, 0.15) is 0 Å². The molecule has 2 unspecified atom stereocenters. The van der Waals surface area contributed by atoms with Crippen LogP contribution in [0.25, 0.3) is 0 Å². The highest BCUT2D eigenvalue weighted by Crippen LogP contribution is 2.30. The molecule has 1 nitrogen and oxygen atoms in total. The van der Waals surface area contributed by atoms with Gasteiger partial charge in [0.05, 0.1) is 0 Å². The number of hydrogen-bond acceptors (Lipinski definition) is 1. The van der Waals surface area contributed by atoms with Crippen LogP contribution >= 0.6 is 0 Å². The molecule has 1 aliphatic rings. The van der Waals surface area contributed by atoms with Crippen LogP contribution in [0.4, 0.5) is 0 Å². The van der Waals surface area contributed by atoms with Crippen molar-refractivity contribution >= 4 is 0 Å². The molecule has 1 saturated carbocycles. The maximum atomic E-state index is 3.79. The number of rotatable bonds is 8. The molecule has 108 valence electrons. The molecule has 1 N–H and O–H groups in total. The second-order valence-electron chi connectivity index (χ2n) is 6.72. The van der Waals surface area contributed by atoms with Crippen molar-refractivity contribution in [1.29, 1.82) is 0 Å². The van der Waals surface area contributed by atoms with Crippen molar-refractivity contribution in [3.05, 3.63) is 0 Å². The highest BCUT2D eigenvalue weighted by Gasteiger charge is 2.18. The summed E-state index contributed by atoms with van der Waals surface area (Å²) in [6.45, 7) is 10.7. The number of nitrogens with one attached hydrogen (secondary N) is 1. The first-order chi connectivity index (χ1) is 8.65. The standard InChI is InChI=1S/C17H35N/c1-5-14(3)13-17(6-2)18-12-11-16-9-7-15(4)8-10-16/h14-18H,5-13H2,1-4H3. The highest BCUT2D eigenvalue weighted by atomic mass is 14.9. The minimum absolute atomic E-state index is 0.752. The van der Waals surface area contributed by atoms with Crippen LogP contribution in [0.3, 0.4) is 0 Å². The maximum absolute atomic E-state index is 3.79. The Morgan fingerprint density at radius 3 is 2.28 bits per heavy atom. The quantitative estimate of drug-likeness (QED) is 0.641. The zero-order valence-corrected chi connectivity index (χ0v) is 13.2. The van der Waals surface area contributed by atoms with E-state index in [1.165, 1.54) is 57.9 Å². The molecule has 0 bridgehead atoms. The average molecular weight is 253 g/mol. The molecule has 0 amide bonds. The van der Waals surface area contributed by atoms with Gasteiger partial charge in [0.25, 0.3) is 0 Å². The summed E-state index contributed by atoms with van der Waals surface area (Å²) >= 11 is 0. The lowest BCUT2D eigenvalue weighted by Crippen LogP contribution is -2.32. The fraction of sp³-hybridized carbons (Fsp3) is 1.00. The minimum Gasteiger partial charge on any atom is -0.314 e. The molecule has 2 atom stereocenters. The van der Waals surface area contributed by atoms with E-state index in [0.717, 1.165) is 23.8 Å². The van der Waals surface area contributed by atoms with E-state index < -0.39 is 0 Å². The van der Waals surface area contributed by atoms with Crippen molar-refractivity contribution in [3.8, 4) is 0 Å².